The summed E-state index contributed by atoms with van der Waals surface area (Å²) in [6.07, 6.45) is 18.9. The van der Waals surface area contributed by atoms with Gasteiger partial charge in [0.25, 0.3) is 0 Å². The molecule has 8 rings (SSSR count). The van der Waals surface area contributed by atoms with Crippen LogP contribution in [-0.2, 0) is 0 Å². The largest absolute Gasteiger partial charge is 0.412 e. The van der Waals surface area contributed by atoms with Gasteiger partial charge in [-0.15, -0.1) is 0 Å². The van der Waals surface area contributed by atoms with Crippen LogP contribution in [-0.4, -0.2) is 70.7 Å². The Morgan fingerprint density at radius 1 is 0.511 bits per heavy atom. The van der Waals surface area contributed by atoms with Crippen molar-refractivity contribution < 1.29 is 36.1 Å². The molecule has 0 aromatic carbocycles. The predicted molar refractivity (Wildman–Crippen MR) is 174 cm³/mol. The van der Waals surface area contributed by atoms with E-state index in [1.165, 1.54) is 11.1 Å². The Kier molecular flexibility index (Phi) is 8.42. The molecule has 8 N–H and O–H groups in total. The van der Waals surface area contributed by atoms with Gasteiger partial charge in [0.1, 0.15) is 0 Å². The SMILES string of the molecule is C[C@]12CC[C@H](O)CC1=CC[C@@H]1[C@@H]2CC[C@]2(O)[C@H]1CC[C@@]2(C)O.C[C@]12CC[C@H](O)CC1=CC[C@@H]1[C@@H]2CC[C@]2(O)[C@H]1CC[C@@]2(C)O.O. The van der Waals surface area contributed by atoms with E-state index in [9.17, 15) is 30.6 Å². The second kappa shape index (κ2) is 11.1. The van der Waals surface area contributed by atoms with Gasteiger partial charge in [-0.3, -0.25) is 0 Å². The maximum absolute atomic E-state index is 11.2. The summed E-state index contributed by atoms with van der Waals surface area (Å²) in [6.45, 7) is 8.43. The first-order chi connectivity index (χ1) is 20.6. The van der Waals surface area contributed by atoms with E-state index < -0.39 is 22.4 Å². The summed E-state index contributed by atoms with van der Waals surface area (Å²) in [5.41, 5.74) is -0.276. The van der Waals surface area contributed by atoms with Crippen molar-refractivity contribution in [3.05, 3.63) is 23.3 Å². The molecule has 7 nitrogen and oxygen atoms in total. The summed E-state index contributed by atoms with van der Waals surface area (Å²) in [5, 5.41) is 63.7. The number of fused-ring (bicyclic) bond motifs is 10. The molecule has 256 valence electrons. The van der Waals surface area contributed by atoms with Gasteiger partial charge in [0.15, 0.2) is 0 Å². The van der Waals surface area contributed by atoms with E-state index in [-0.39, 0.29) is 40.3 Å². The second-order valence-corrected chi connectivity index (χ2v) is 17.9. The fraction of sp³-hybridized carbons (Fsp3) is 0.895. The molecule has 6 fully saturated rings. The van der Waals surface area contributed by atoms with Crippen molar-refractivity contribution in [2.75, 3.05) is 0 Å². The molecule has 8 aliphatic carbocycles. The molecule has 0 spiro atoms. The lowest BCUT2D eigenvalue weighted by Gasteiger charge is -2.57. The van der Waals surface area contributed by atoms with Crippen LogP contribution in [0.25, 0.3) is 0 Å². The first-order valence-corrected chi connectivity index (χ1v) is 18.2. The molecule has 0 aromatic rings. The van der Waals surface area contributed by atoms with Crippen molar-refractivity contribution in [1.29, 1.82) is 0 Å². The summed E-state index contributed by atoms with van der Waals surface area (Å²) in [7, 11) is 0. The molecule has 14 atom stereocenters. The van der Waals surface area contributed by atoms with Crippen molar-refractivity contribution >= 4 is 0 Å². The second-order valence-electron chi connectivity index (χ2n) is 17.9. The molecule has 0 saturated heterocycles. The molecule has 0 radical (unpaired) electrons. The molecular weight excluding hydrogens is 568 g/mol. The number of aliphatic hydroxyl groups excluding tert-OH is 2. The van der Waals surface area contributed by atoms with Gasteiger partial charge in [0, 0.05) is 0 Å². The van der Waals surface area contributed by atoms with Crippen molar-refractivity contribution in [2.45, 2.75) is 165 Å². The van der Waals surface area contributed by atoms with Crippen LogP contribution in [0, 0.1) is 46.3 Å². The minimum Gasteiger partial charge on any atom is -0.412 e. The van der Waals surface area contributed by atoms with Crippen molar-refractivity contribution in [1.82, 2.24) is 0 Å². The number of rotatable bonds is 0. The molecule has 0 aromatic heterocycles. The number of hydrogen-bond donors (Lipinski definition) is 6. The Labute approximate surface area is 270 Å². The zero-order valence-electron chi connectivity index (χ0n) is 28.3. The van der Waals surface area contributed by atoms with Crippen LogP contribution in [0.15, 0.2) is 23.3 Å². The lowest BCUT2D eigenvalue weighted by atomic mass is 9.49. The third-order valence-corrected chi connectivity index (χ3v) is 16.0. The van der Waals surface area contributed by atoms with Gasteiger partial charge in [-0.1, -0.05) is 37.1 Å². The van der Waals surface area contributed by atoms with Crippen LogP contribution < -0.4 is 0 Å². The van der Waals surface area contributed by atoms with E-state index in [1.807, 2.05) is 13.8 Å². The molecular formula is C38H62O7. The highest BCUT2D eigenvalue weighted by atomic mass is 16.4. The standard InChI is InChI=1S/2C19H30O3.H2O/c2*1-17-8-5-13(20)11-12(17)3-4-14-15(17)7-10-19(22)16(14)6-9-18(19,2)21;/h2*3,13-16,20-22H,4-11H2,1-2H3;1H2/t2*13-,14+,15-,16-,17-,18+,19-;/m00./s1. The van der Waals surface area contributed by atoms with Crippen molar-refractivity contribution in [2.24, 2.45) is 46.3 Å². The molecule has 0 bridgehead atoms. The highest BCUT2D eigenvalue weighted by molar-refractivity contribution is 5.28. The van der Waals surface area contributed by atoms with Gasteiger partial charge in [-0.05, 0) is 163 Å². The van der Waals surface area contributed by atoms with E-state index >= 15 is 0 Å². The van der Waals surface area contributed by atoms with Crippen LogP contribution >= 0.6 is 0 Å². The Hall–Kier alpha value is -0.800. The Morgan fingerprint density at radius 3 is 1.24 bits per heavy atom. The molecule has 45 heavy (non-hydrogen) atoms. The molecule has 0 heterocycles. The molecule has 0 aliphatic heterocycles. The van der Waals surface area contributed by atoms with Crippen LogP contribution in [0.4, 0.5) is 0 Å². The first-order valence-electron chi connectivity index (χ1n) is 18.2. The fourth-order valence-corrected chi connectivity index (χ4v) is 13.1. The minimum atomic E-state index is -0.920. The predicted octanol–water partition coefficient (Wildman–Crippen LogP) is 4.75. The van der Waals surface area contributed by atoms with Crippen LogP contribution in [0.3, 0.4) is 0 Å². The summed E-state index contributed by atoms with van der Waals surface area (Å²) in [5.74, 6) is 2.69. The third-order valence-electron chi connectivity index (χ3n) is 16.0. The molecule has 8 aliphatic rings. The molecule has 7 heteroatoms. The minimum absolute atomic E-state index is 0. The topological polar surface area (TPSA) is 153 Å². The average Bonchev–Trinajstić information content (AvgIpc) is 3.36. The van der Waals surface area contributed by atoms with Gasteiger partial charge >= 0.3 is 0 Å². The average molecular weight is 631 g/mol. The van der Waals surface area contributed by atoms with Gasteiger partial charge in [-0.2, -0.15) is 0 Å². The summed E-state index contributed by atoms with van der Waals surface area (Å²) < 4.78 is 0. The van der Waals surface area contributed by atoms with E-state index in [0.29, 0.717) is 23.7 Å². The zero-order chi connectivity index (χ0) is 31.5. The molecule has 0 amide bonds. The van der Waals surface area contributed by atoms with Crippen LogP contribution in [0.2, 0.25) is 0 Å². The maximum Gasteiger partial charge on any atom is 0.0961 e. The van der Waals surface area contributed by atoms with Gasteiger partial charge in [0.2, 0.25) is 0 Å². The maximum atomic E-state index is 11.2. The lowest BCUT2D eigenvalue weighted by Crippen LogP contribution is -2.59. The van der Waals surface area contributed by atoms with E-state index in [1.54, 1.807) is 0 Å². The third kappa shape index (κ3) is 4.83. The van der Waals surface area contributed by atoms with Crippen molar-refractivity contribution in [3.8, 4) is 0 Å². The fourth-order valence-electron chi connectivity index (χ4n) is 13.1. The van der Waals surface area contributed by atoms with E-state index in [0.717, 1.165) is 103 Å². The van der Waals surface area contributed by atoms with Gasteiger partial charge in [-0.25, -0.2) is 0 Å². The van der Waals surface area contributed by atoms with E-state index in [4.69, 9.17) is 0 Å². The lowest BCUT2D eigenvalue weighted by molar-refractivity contribution is -0.184. The summed E-state index contributed by atoms with van der Waals surface area (Å²) in [4.78, 5) is 0. The van der Waals surface area contributed by atoms with E-state index in [2.05, 4.69) is 26.0 Å². The summed E-state index contributed by atoms with van der Waals surface area (Å²) in [6, 6.07) is 0. The first kappa shape index (κ1) is 34.1. The Balaban J connectivity index is 0.000000155. The smallest absolute Gasteiger partial charge is 0.0961 e. The normalized spacial score (nSPS) is 56.3. The molecule has 0 unspecified atom stereocenters. The monoisotopic (exact) mass is 630 g/mol. The van der Waals surface area contributed by atoms with Crippen LogP contribution in [0.5, 0.6) is 0 Å². The number of allylic oxidation sites excluding steroid dienone is 2. The zero-order valence-corrected chi connectivity index (χ0v) is 28.3. The summed E-state index contributed by atoms with van der Waals surface area (Å²) >= 11 is 0. The number of hydrogen-bond acceptors (Lipinski definition) is 6. The quantitative estimate of drug-likeness (QED) is 0.213. The Morgan fingerprint density at radius 2 is 0.867 bits per heavy atom. The highest BCUT2D eigenvalue weighted by Gasteiger charge is 2.65. The van der Waals surface area contributed by atoms with Crippen LogP contribution in [0.1, 0.15) is 130 Å². The van der Waals surface area contributed by atoms with Crippen molar-refractivity contribution in [3.63, 3.8) is 0 Å². The molecule has 6 saturated carbocycles. The Bertz CT molecular complexity index is 1120. The number of aliphatic hydroxyl groups is 6. The van der Waals surface area contributed by atoms with Gasteiger partial charge < -0.3 is 36.1 Å². The van der Waals surface area contributed by atoms with Gasteiger partial charge in [0.05, 0.1) is 34.6 Å². The highest BCUT2D eigenvalue weighted by Crippen LogP contribution is 2.65.